The quantitative estimate of drug-likeness (QED) is 0.822. The molecule has 4 nitrogen and oxygen atoms in total. The Kier molecular flexibility index (Phi) is 5.76. The fourth-order valence-electron chi connectivity index (χ4n) is 2.86. The predicted molar refractivity (Wildman–Crippen MR) is 105 cm³/mol. The second-order valence-electron chi connectivity index (χ2n) is 5.89. The van der Waals surface area contributed by atoms with E-state index in [2.05, 4.69) is 29.3 Å². The molecule has 6 heteroatoms. The van der Waals surface area contributed by atoms with Crippen LogP contribution >= 0.6 is 23.4 Å². The maximum Gasteiger partial charge on any atom is 0.243 e. The molecule has 1 amide bonds. The molecule has 25 heavy (non-hydrogen) atoms. The minimum absolute atomic E-state index is 0.0576. The number of rotatable bonds is 5. The number of anilines is 2. The highest BCUT2D eigenvalue weighted by atomic mass is 35.5. The van der Waals surface area contributed by atoms with Gasteiger partial charge in [-0.1, -0.05) is 30.7 Å². The summed E-state index contributed by atoms with van der Waals surface area (Å²) < 4.78 is 5.13. The Morgan fingerprint density at radius 2 is 2.16 bits per heavy atom. The Balaban J connectivity index is 1.71. The van der Waals surface area contributed by atoms with Gasteiger partial charge in [0, 0.05) is 22.4 Å². The number of hydrogen-bond donors (Lipinski definition) is 1. The molecule has 1 N–H and O–H groups in total. The Labute approximate surface area is 157 Å². The molecule has 0 unspecified atom stereocenters. The number of para-hydroxylation sites is 1. The molecular weight excluding hydrogens is 356 g/mol. The number of fused-ring (bicyclic) bond motifs is 1. The number of hydrogen-bond acceptors (Lipinski definition) is 4. The SMILES string of the molecule is CC[C@@H]1CN(CC(=O)Nc2ccc(OC)c(Cl)c2)c2ccccc2S1. The van der Waals surface area contributed by atoms with Crippen LogP contribution in [0.1, 0.15) is 13.3 Å². The van der Waals surface area contributed by atoms with Gasteiger partial charge < -0.3 is 15.0 Å². The van der Waals surface area contributed by atoms with E-state index in [1.54, 1.807) is 25.3 Å². The Morgan fingerprint density at radius 1 is 1.36 bits per heavy atom. The summed E-state index contributed by atoms with van der Waals surface area (Å²) in [6, 6.07) is 13.5. The topological polar surface area (TPSA) is 41.6 Å². The number of amides is 1. The van der Waals surface area contributed by atoms with Crippen molar-refractivity contribution in [2.24, 2.45) is 0 Å². The smallest absolute Gasteiger partial charge is 0.243 e. The van der Waals surface area contributed by atoms with Gasteiger partial charge in [0.05, 0.1) is 24.4 Å². The Morgan fingerprint density at radius 3 is 2.88 bits per heavy atom. The predicted octanol–water partition coefficient (Wildman–Crippen LogP) is 4.68. The molecule has 0 fully saturated rings. The lowest BCUT2D eigenvalue weighted by Crippen LogP contribution is -2.40. The van der Waals surface area contributed by atoms with Crippen LogP contribution in [0.25, 0.3) is 0 Å². The molecule has 1 aliphatic rings. The van der Waals surface area contributed by atoms with Gasteiger partial charge in [-0.15, -0.1) is 11.8 Å². The van der Waals surface area contributed by atoms with Crippen molar-refractivity contribution in [1.29, 1.82) is 0 Å². The molecule has 0 radical (unpaired) electrons. The minimum atomic E-state index is -0.0576. The zero-order valence-electron chi connectivity index (χ0n) is 14.3. The van der Waals surface area contributed by atoms with Crippen molar-refractivity contribution in [2.75, 3.05) is 30.4 Å². The van der Waals surface area contributed by atoms with Crippen LogP contribution in [0.3, 0.4) is 0 Å². The van der Waals surface area contributed by atoms with Crippen LogP contribution in [0.4, 0.5) is 11.4 Å². The van der Waals surface area contributed by atoms with Crippen molar-refractivity contribution >= 4 is 40.6 Å². The third-order valence-corrected chi connectivity index (χ3v) is 5.86. The fraction of sp³-hybridized carbons (Fsp3) is 0.316. The third kappa shape index (κ3) is 4.22. The first-order valence-electron chi connectivity index (χ1n) is 8.24. The van der Waals surface area contributed by atoms with Crippen LogP contribution in [0.5, 0.6) is 5.75 Å². The molecule has 2 aromatic carbocycles. The highest BCUT2D eigenvalue weighted by molar-refractivity contribution is 8.00. The van der Waals surface area contributed by atoms with Gasteiger partial charge in [0.25, 0.3) is 0 Å². The first-order chi connectivity index (χ1) is 12.1. The second-order valence-corrected chi connectivity index (χ2v) is 7.64. The van der Waals surface area contributed by atoms with Crippen LogP contribution in [0.2, 0.25) is 5.02 Å². The monoisotopic (exact) mass is 376 g/mol. The summed E-state index contributed by atoms with van der Waals surface area (Å²) in [4.78, 5) is 15.9. The van der Waals surface area contributed by atoms with E-state index in [1.165, 1.54) is 4.90 Å². The van der Waals surface area contributed by atoms with Gasteiger partial charge in [0.2, 0.25) is 5.91 Å². The summed E-state index contributed by atoms with van der Waals surface area (Å²) in [6.45, 7) is 3.37. The molecule has 3 rings (SSSR count). The zero-order valence-corrected chi connectivity index (χ0v) is 15.9. The van der Waals surface area contributed by atoms with Crippen LogP contribution in [0, 0.1) is 0 Å². The van der Waals surface area contributed by atoms with Gasteiger partial charge in [0.15, 0.2) is 0 Å². The van der Waals surface area contributed by atoms with Crippen LogP contribution in [-0.2, 0) is 4.79 Å². The number of nitrogens with zero attached hydrogens (tertiary/aromatic N) is 1. The highest BCUT2D eigenvalue weighted by Gasteiger charge is 2.25. The number of nitrogens with one attached hydrogen (secondary N) is 1. The van der Waals surface area contributed by atoms with Crippen LogP contribution in [-0.4, -0.2) is 31.4 Å². The van der Waals surface area contributed by atoms with E-state index in [4.69, 9.17) is 16.3 Å². The lowest BCUT2D eigenvalue weighted by molar-refractivity contribution is -0.115. The molecule has 1 heterocycles. The lowest BCUT2D eigenvalue weighted by Gasteiger charge is -2.34. The zero-order chi connectivity index (χ0) is 17.8. The van der Waals surface area contributed by atoms with Gasteiger partial charge >= 0.3 is 0 Å². The molecule has 132 valence electrons. The van der Waals surface area contributed by atoms with Gasteiger partial charge in [-0.25, -0.2) is 0 Å². The number of methoxy groups -OCH3 is 1. The third-order valence-electron chi connectivity index (χ3n) is 4.15. The number of carbonyl (C=O) groups excluding carboxylic acids is 1. The summed E-state index contributed by atoms with van der Waals surface area (Å²) in [6.07, 6.45) is 1.07. The van der Waals surface area contributed by atoms with Crippen LogP contribution in [0.15, 0.2) is 47.4 Å². The maximum absolute atomic E-state index is 12.5. The minimum Gasteiger partial charge on any atom is -0.495 e. The number of carbonyl (C=O) groups is 1. The van der Waals surface area contributed by atoms with Crippen molar-refractivity contribution in [3.8, 4) is 5.75 Å². The van der Waals surface area contributed by atoms with Gasteiger partial charge in [-0.2, -0.15) is 0 Å². The van der Waals surface area contributed by atoms with E-state index in [0.29, 0.717) is 28.3 Å². The van der Waals surface area contributed by atoms with E-state index < -0.39 is 0 Å². The number of halogens is 1. The van der Waals surface area contributed by atoms with E-state index >= 15 is 0 Å². The normalized spacial score (nSPS) is 16.3. The first kappa shape index (κ1) is 18.0. The van der Waals surface area contributed by atoms with E-state index in [-0.39, 0.29) is 5.91 Å². The van der Waals surface area contributed by atoms with E-state index in [9.17, 15) is 4.79 Å². The van der Waals surface area contributed by atoms with Gasteiger partial charge in [0.1, 0.15) is 5.75 Å². The summed E-state index contributed by atoms with van der Waals surface area (Å²) in [5, 5.41) is 3.89. The lowest BCUT2D eigenvalue weighted by atomic mass is 10.2. The standard InChI is InChI=1S/C19H21ClN2O2S/c1-3-14-11-22(16-6-4-5-7-18(16)25-14)12-19(23)21-13-8-9-17(24-2)15(20)10-13/h4-10,14H,3,11-12H2,1-2H3,(H,21,23)/t14-/m1/s1. The molecule has 2 aromatic rings. The molecule has 1 atom stereocenters. The highest BCUT2D eigenvalue weighted by Crippen LogP contribution is 2.39. The number of ether oxygens (including phenoxy) is 1. The second kappa shape index (κ2) is 8.02. The molecule has 0 bridgehead atoms. The van der Waals surface area contributed by atoms with Crippen molar-refractivity contribution in [1.82, 2.24) is 0 Å². The average molecular weight is 377 g/mol. The van der Waals surface area contributed by atoms with Crippen molar-refractivity contribution in [3.05, 3.63) is 47.5 Å². The molecule has 0 saturated carbocycles. The fourth-order valence-corrected chi connectivity index (χ4v) is 4.37. The Hall–Kier alpha value is -1.85. The van der Waals surface area contributed by atoms with Gasteiger partial charge in [-0.05, 0) is 36.8 Å². The number of thioether (sulfide) groups is 1. The molecule has 0 aliphatic carbocycles. The van der Waals surface area contributed by atoms with Gasteiger partial charge in [-0.3, -0.25) is 4.79 Å². The molecule has 0 saturated heterocycles. The molecule has 1 aliphatic heterocycles. The summed E-state index contributed by atoms with van der Waals surface area (Å²) >= 11 is 8.01. The Bertz CT molecular complexity index is 769. The van der Waals surface area contributed by atoms with E-state index in [0.717, 1.165) is 18.7 Å². The molecule has 0 spiro atoms. The maximum atomic E-state index is 12.5. The van der Waals surface area contributed by atoms with Crippen molar-refractivity contribution < 1.29 is 9.53 Å². The van der Waals surface area contributed by atoms with Crippen molar-refractivity contribution in [3.63, 3.8) is 0 Å². The summed E-state index contributed by atoms with van der Waals surface area (Å²) in [5.74, 6) is 0.533. The van der Waals surface area contributed by atoms with Crippen LogP contribution < -0.4 is 15.0 Å². The number of benzene rings is 2. The largest absolute Gasteiger partial charge is 0.495 e. The molecular formula is C19H21ClN2O2S. The van der Waals surface area contributed by atoms with Crippen molar-refractivity contribution in [2.45, 2.75) is 23.5 Å². The first-order valence-corrected chi connectivity index (χ1v) is 9.50. The van der Waals surface area contributed by atoms with E-state index in [1.807, 2.05) is 23.9 Å². The summed E-state index contributed by atoms with van der Waals surface area (Å²) in [5.41, 5.74) is 1.79. The molecule has 0 aromatic heterocycles. The summed E-state index contributed by atoms with van der Waals surface area (Å²) in [7, 11) is 1.56. The average Bonchev–Trinajstić information content (AvgIpc) is 2.61.